The zero-order valence-corrected chi connectivity index (χ0v) is 18.8. The number of nitrogens with zero attached hydrogens (tertiary/aromatic N) is 1. The smallest absolute Gasteiger partial charge is 0.255 e. The van der Waals surface area contributed by atoms with Gasteiger partial charge in [0.25, 0.3) is 5.91 Å². The molecule has 1 saturated heterocycles. The maximum atomic E-state index is 13.0. The van der Waals surface area contributed by atoms with E-state index in [4.69, 9.17) is 4.74 Å². The number of rotatable bonds is 6. The fraction of sp³-hybridized carbons (Fsp3) is 0.240. The van der Waals surface area contributed by atoms with Crippen molar-refractivity contribution in [2.45, 2.75) is 31.1 Å². The van der Waals surface area contributed by atoms with Crippen LogP contribution in [0, 0.1) is 6.92 Å². The van der Waals surface area contributed by atoms with Crippen LogP contribution >= 0.6 is 0 Å². The average Bonchev–Trinajstić information content (AvgIpc) is 2.82. The summed E-state index contributed by atoms with van der Waals surface area (Å²) in [6.45, 7) is 2.90. The number of ether oxygens (including phenoxy) is 1. The number of carbonyl (C=O) groups is 1. The van der Waals surface area contributed by atoms with Crippen molar-refractivity contribution < 1.29 is 17.9 Å². The minimum Gasteiger partial charge on any atom is -0.457 e. The average molecular weight is 451 g/mol. The van der Waals surface area contributed by atoms with Crippen LogP contribution in [0.3, 0.4) is 0 Å². The van der Waals surface area contributed by atoms with E-state index in [9.17, 15) is 13.2 Å². The Kier molecular flexibility index (Phi) is 6.58. The van der Waals surface area contributed by atoms with Crippen LogP contribution in [0.1, 0.15) is 35.2 Å². The van der Waals surface area contributed by atoms with E-state index < -0.39 is 10.0 Å². The van der Waals surface area contributed by atoms with E-state index in [2.05, 4.69) is 5.32 Å². The van der Waals surface area contributed by atoms with Crippen molar-refractivity contribution in [3.63, 3.8) is 0 Å². The fourth-order valence-corrected chi connectivity index (χ4v) is 5.21. The molecule has 0 aromatic heterocycles. The summed E-state index contributed by atoms with van der Waals surface area (Å²) in [6, 6.07) is 21.1. The molecule has 0 unspecified atom stereocenters. The van der Waals surface area contributed by atoms with Gasteiger partial charge >= 0.3 is 0 Å². The number of anilines is 1. The van der Waals surface area contributed by atoms with Gasteiger partial charge in [-0.3, -0.25) is 4.79 Å². The second kappa shape index (κ2) is 9.54. The topological polar surface area (TPSA) is 75.7 Å². The summed E-state index contributed by atoms with van der Waals surface area (Å²) in [5, 5.41) is 2.86. The van der Waals surface area contributed by atoms with E-state index in [1.54, 1.807) is 42.5 Å². The molecule has 1 N–H and O–H groups in total. The van der Waals surface area contributed by atoms with Crippen molar-refractivity contribution in [2.24, 2.45) is 0 Å². The first-order chi connectivity index (χ1) is 15.4. The summed E-state index contributed by atoms with van der Waals surface area (Å²) in [5.74, 6) is 0.887. The lowest BCUT2D eigenvalue weighted by Gasteiger charge is -2.26. The van der Waals surface area contributed by atoms with Crippen molar-refractivity contribution >= 4 is 21.6 Å². The summed E-state index contributed by atoms with van der Waals surface area (Å²) in [7, 11) is -3.58. The molecular weight excluding hydrogens is 424 g/mol. The number of hydrogen-bond acceptors (Lipinski definition) is 4. The van der Waals surface area contributed by atoms with Crippen LogP contribution in [0.25, 0.3) is 0 Å². The zero-order chi connectivity index (χ0) is 22.6. The number of piperidine rings is 1. The van der Waals surface area contributed by atoms with Crippen LogP contribution in [0.5, 0.6) is 11.5 Å². The zero-order valence-electron chi connectivity index (χ0n) is 18.0. The Balaban J connectivity index is 1.53. The molecular formula is C25H26N2O4S. The molecule has 1 heterocycles. The quantitative estimate of drug-likeness (QED) is 0.559. The van der Waals surface area contributed by atoms with Gasteiger partial charge in [-0.1, -0.05) is 36.8 Å². The molecule has 3 aromatic rings. The summed E-state index contributed by atoms with van der Waals surface area (Å²) >= 11 is 0. The van der Waals surface area contributed by atoms with Gasteiger partial charge in [-0.2, -0.15) is 4.31 Å². The highest BCUT2D eigenvalue weighted by Crippen LogP contribution is 2.26. The Hall–Kier alpha value is -3.16. The Labute approximate surface area is 188 Å². The molecule has 0 radical (unpaired) electrons. The molecule has 0 spiro atoms. The predicted molar refractivity (Wildman–Crippen MR) is 125 cm³/mol. The van der Waals surface area contributed by atoms with Gasteiger partial charge in [0, 0.05) is 24.3 Å². The van der Waals surface area contributed by atoms with Crippen LogP contribution < -0.4 is 10.1 Å². The Morgan fingerprint density at radius 3 is 2.34 bits per heavy atom. The van der Waals surface area contributed by atoms with Gasteiger partial charge in [0.1, 0.15) is 11.5 Å². The largest absolute Gasteiger partial charge is 0.457 e. The molecule has 6 nitrogen and oxygen atoms in total. The third-order valence-corrected chi connectivity index (χ3v) is 7.38. The number of aryl methyl sites for hydroxylation is 1. The van der Waals surface area contributed by atoms with Crippen molar-refractivity contribution in [3.05, 3.63) is 83.9 Å². The maximum Gasteiger partial charge on any atom is 0.255 e. The second-order valence-electron chi connectivity index (χ2n) is 7.84. The molecule has 1 aliphatic rings. The highest BCUT2D eigenvalue weighted by Gasteiger charge is 2.26. The van der Waals surface area contributed by atoms with Crippen molar-refractivity contribution in [1.29, 1.82) is 0 Å². The molecule has 1 fully saturated rings. The van der Waals surface area contributed by atoms with E-state index in [1.807, 2.05) is 37.3 Å². The van der Waals surface area contributed by atoms with Crippen LogP contribution in [-0.2, 0) is 10.0 Å². The second-order valence-corrected chi connectivity index (χ2v) is 9.78. The lowest BCUT2D eigenvalue weighted by atomic mass is 10.1. The van der Waals surface area contributed by atoms with Crippen LogP contribution in [0.2, 0.25) is 0 Å². The SMILES string of the molecule is Cc1ccc(S(=O)(=O)N2CCCCC2)cc1NC(=O)c1cccc(Oc2ccccc2)c1. The highest BCUT2D eigenvalue weighted by atomic mass is 32.2. The molecule has 32 heavy (non-hydrogen) atoms. The first-order valence-corrected chi connectivity index (χ1v) is 12.1. The van der Waals surface area contributed by atoms with Crippen molar-refractivity contribution in [3.8, 4) is 11.5 Å². The highest BCUT2D eigenvalue weighted by molar-refractivity contribution is 7.89. The monoisotopic (exact) mass is 450 g/mol. The third-order valence-electron chi connectivity index (χ3n) is 5.49. The van der Waals surface area contributed by atoms with Gasteiger partial charge in [-0.05, 0) is 67.8 Å². The van der Waals surface area contributed by atoms with Crippen LogP contribution in [-0.4, -0.2) is 31.7 Å². The number of benzene rings is 3. The maximum absolute atomic E-state index is 13.0. The molecule has 0 aliphatic carbocycles. The molecule has 0 atom stereocenters. The Bertz CT molecular complexity index is 1200. The summed E-state index contributed by atoms with van der Waals surface area (Å²) in [5.41, 5.74) is 1.68. The predicted octanol–water partition coefficient (Wildman–Crippen LogP) is 5.21. The molecule has 166 valence electrons. The molecule has 1 aliphatic heterocycles. The summed E-state index contributed by atoms with van der Waals surface area (Å²) in [6.07, 6.45) is 2.79. The van der Waals surface area contributed by atoms with E-state index in [1.165, 1.54) is 4.31 Å². The van der Waals surface area contributed by atoms with Crippen LogP contribution in [0.4, 0.5) is 5.69 Å². The van der Waals surface area contributed by atoms with Gasteiger partial charge in [0.2, 0.25) is 10.0 Å². The van der Waals surface area contributed by atoms with Gasteiger partial charge in [0.15, 0.2) is 0 Å². The van der Waals surface area contributed by atoms with Crippen LogP contribution in [0.15, 0.2) is 77.7 Å². The lowest BCUT2D eigenvalue weighted by molar-refractivity contribution is 0.102. The number of para-hydroxylation sites is 1. The Morgan fingerprint density at radius 2 is 1.59 bits per heavy atom. The summed E-state index contributed by atoms with van der Waals surface area (Å²) < 4.78 is 33.4. The minimum absolute atomic E-state index is 0.196. The first-order valence-electron chi connectivity index (χ1n) is 10.7. The van der Waals surface area contributed by atoms with Gasteiger partial charge in [-0.15, -0.1) is 0 Å². The number of nitrogens with one attached hydrogen (secondary N) is 1. The van der Waals surface area contributed by atoms with Crippen molar-refractivity contribution in [1.82, 2.24) is 4.31 Å². The molecule has 0 saturated carbocycles. The number of carbonyl (C=O) groups excluding carboxylic acids is 1. The minimum atomic E-state index is -3.58. The van der Waals surface area contributed by atoms with Gasteiger partial charge < -0.3 is 10.1 Å². The number of amides is 1. The lowest BCUT2D eigenvalue weighted by Crippen LogP contribution is -2.35. The molecule has 7 heteroatoms. The van der Waals surface area contributed by atoms with Crippen molar-refractivity contribution in [2.75, 3.05) is 18.4 Å². The fourth-order valence-electron chi connectivity index (χ4n) is 3.67. The third kappa shape index (κ3) is 5.00. The standard InChI is InChI=1S/C25H26N2O4S/c1-19-13-14-23(32(29,30)27-15-6-3-7-16-27)18-24(19)26-25(28)20-9-8-12-22(17-20)31-21-10-4-2-5-11-21/h2,4-5,8-14,17-18H,3,6-7,15-16H2,1H3,(H,26,28). The van der Waals surface area contributed by atoms with E-state index in [-0.39, 0.29) is 10.8 Å². The molecule has 0 bridgehead atoms. The number of hydrogen-bond donors (Lipinski definition) is 1. The number of sulfonamides is 1. The summed E-state index contributed by atoms with van der Waals surface area (Å²) in [4.78, 5) is 13.1. The van der Waals surface area contributed by atoms with Gasteiger partial charge in [-0.25, -0.2) is 8.42 Å². The van der Waals surface area contributed by atoms with E-state index in [0.717, 1.165) is 24.8 Å². The Morgan fingerprint density at radius 1 is 0.875 bits per heavy atom. The molecule has 3 aromatic carbocycles. The molecule has 4 rings (SSSR count). The first kappa shape index (κ1) is 22.0. The van der Waals surface area contributed by atoms with E-state index >= 15 is 0 Å². The van der Waals surface area contributed by atoms with E-state index in [0.29, 0.717) is 35.8 Å². The van der Waals surface area contributed by atoms with Gasteiger partial charge in [0.05, 0.1) is 4.90 Å². The normalized spacial score (nSPS) is 14.7. The molecule has 1 amide bonds.